The van der Waals surface area contributed by atoms with Crippen molar-refractivity contribution in [2.45, 2.75) is 6.54 Å². The summed E-state index contributed by atoms with van der Waals surface area (Å²) in [6, 6.07) is 4.94. The molecule has 0 aliphatic carbocycles. The number of anilines is 1. The lowest BCUT2D eigenvalue weighted by Crippen LogP contribution is -2.23. The number of nitrogen functional groups attached to an aromatic ring is 1. The van der Waals surface area contributed by atoms with E-state index >= 15 is 0 Å². The van der Waals surface area contributed by atoms with Gasteiger partial charge in [0.25, 0.3) is 5.91 Å². The number of amides is 1. The molecule has 2 rings (SSSR count). The van der Waals surface area contributed by atoms with Crippen LogP contribution in [0.1, 0.15) is 16.1 Å². The number of rotatable bonds is 3. The molecule has 2 aromatic heterocycles. The van der Waals surface area contributed by atoms with Gasteiger partial charge in [0.2, 0.25) is 0 Å². The van der Waals surface area contributed by atoms with Crippen LogP contribution in [-0.2, 0) is 6.54 Å². The molecule has 86 valence electrons. The molecule has 0 unspecified atom stereocenters. The Bertz CT molecular complexity index is 497. The Morgan fingerprint density at radius 3 is 2.82 bits per heavy atom. The predicted octanol–water partition coefficient (Wildman–Crippen LogP) is 0.384. The molecule has 0 aromatic carbocycles. The standard InChI is InChI=1S/C11H11N5O/c12-10-2-1-8(5-14-10)11(17)15-6-9-3-4-13-7-16-9/h1-5,7H,6H2,(H2,12,14)(H,15,17). The van der Waals surface area contributed by atoms with Gasteiger partial charge in [-0.3, -0.25) is 4.79 Å². The average Bonchev–Trinajstić information content (AvgIpc) is 2.38. The van der Waals surface area contributed by atoms with Crippen molar-refractivity contribution >= 4 is 11.7 Å². The van der Waals surface area contributed by atoms with E-state index in [4.69, 9.17) is 5.73 Å². The molecule has 6 nitrogen and oxygen atoms in total. The number of pyridine rings is 1. The summed E-state index contributed by atoms with van der Waals surface area (Å²) in [5.74, 6) is 0.175. The van der Waals surface area contributed by atoms with Gasteiger partial charge in [0.1, 0.15) is 12.1 Å². The summed E-state index contributed by atoms with van der Waals surface area (Å²) in [5, 5.41) is 2.72. The third kappa shape index (κ3) is 2.97. The van der Waals surface area contributed by atoms with Crippen LogP contribution >= 0.6 is 0 Å². The molecular weight excluding hydrogens is 218 g/mol. The molecule has 0 atom stereocenters. The first-order valence-corrected chi connectivity index (χ1v) is 5.00. The van der Waals surface area contributed by atoms with E-state index in [9.17, 15) is 4.79 Å². The second-order valence-electron chi connectivity index (χ2n) is 3.36. The maximum absolute atomic E-state index is 11.7. The maximum atomic E-state index is 11.7. The highest BCUT2D eigenvalue weighted by Gasteiger charge is 2.05. The van der Waals surface area contributed by atoms with E-state index in [-0.39, 0.29) is 5.91 Å². The summed E-state index contributed by atoms with van der Waals surface area (Å²) in [7, 11) is 0. The molecule has 2 aromatic rings. The van der Waals surface area contributed by atoms with Gasteiger partial charge in [0.05, 0.1) is 17.8 Å². The number of nitrogens with zero attached hydrogens (tertiary/aromatic N) is 3. The highest BCUT2D eigenvalue weighted by atomic mass is 16.1. The third-order valence-electron chi connectivity index (χ3n) is 2.12. The van der Waals surface area contributed by atoms with Crippen molar-refractivity contribution in [3.05, 3.63) is 48.2 Å². The van der Waals surface area contributed by atoms with E-state index < -0.39 is 0 Å². The number of nitrogens with one attached hydrogen (secondary N) is 1. The Balaban J connectivity index is 1.96. The van der Waals surface area contributed by atoms with Crippen molar-refractivity contribution < 1.29 is 4.79 Å². The van der Waals surface area contributed by atoms with Crippen LogP contribution in [0.2, 0.25) is 0 Å². The maximum Gasteiger partial charge on any atom is 0.253 e. The Morgan fingerprint density at radius 1 is 1.29 bits per heavy atom. The number of hydrogen-bond donors (Lipinski definition) is 2. The molecule has 0 aliphatic heterocycles. The minimum atomic E-state index is -0.212. The number of carbonyl (C=O) groups is 1. The van der Waals surface area contributed by atoms with Crippen molar-refractivity contribution in [3.63, 3.8) is 0 Å². The Kier molecular flexibility index (Phi) is 3.25. The topological polar surface area (TPSA) is 93.8 Å². The van der Waals surface area contributed by atoms with Crippen molar-refractivity contribution in [2.24, 2.45) is 0 Å². The molecule has 6 heteroatoms. The van der Waals surface area contributed by atoms with Gasteiger partial charge in [0.15, 0.2) is 0 Å². The van der Waals surface area contributed by atoms with Gasteiger partial charge in [0, 0.05) is 12.4 Å². The van der Waals surface area contributed by atoms with E-state index in [1.54, 1.807) is 24.4 Å². The molecule has 0 fully saturated rings. The molecule has 17 heavy (non-hydrogen) atoms. The second-order valence-corrected chi connectivity index (χ2v) is 3.36. The lowest BCUT2D eigenvalue weighted by molar-refractivity contribution is 0.0950. The molecule has 0 bridgehead atoms. The van der Waals surface area contributed by atoms with Gasteiger partial charge < -0.3 is 11.1 Å². The van der Waals surface area contributed by atoms with Crippen LogP contribution in [-0.4, -0.2) is 20.9 Å². The van der Waals surface area contributed by atoms with Crippen LogP contribution in [0.4, 0.5) is 5.82 Å². The normalized spacial score (nSPS) is 9.88. The van der Waals surface area contributed by atoms with E-state index in [0.717, 1.165) is 5.69 Å². The molecule has 0 aliphatic rings. The zero-order valence-electron chi connectivity index (χ0n) is 9.00. The fraction of sp³-hybridized carbons (Fsp3) is 0.0909. The molecule has 1 amide bonds. The summed E-state index contributed by atoms with van der Waals surface area (Å²) < 4.78 is 0. The average molecular weight is 229 g/mol. The van der Waals surface area contributed by atoms with Crippen LogP contribution < -0.4 is 11.1 Å². The summed E-state index contributed by atoms with van der Waals surface area (Å²) in [4.78, 5) is 23.3. The molecule has 0 saturated carbocycles. The minimum absolute atomic E-state index is 0.212. The Hall–Kier alpha value is -2.50. The van der Waals surface area contributed by atoms with Crippen molar-refractivity contribution in [3.8, 4) is 0 Å². The second kappa shape index (κ2) is 5.02. The predicted molar refractivity (Wildman–Crippen MR) is 61.9 cm³/mol. The summed E-state index contributed by atoms with van der Waals surface area (Å²) >= 11 is 0. The number of hydrogen-bond acceptors (Lipinski definition) is 5. The van der Waals surface area contributed by atoms with Crippen LogP contribution in [0.3, 0.4) is 0 Å². The van der Waals surface area contributed by atoms with Crippen LogP contribution in [0, 0.1) is 0 Å². The van der Waals surface area contributed by atoms with E-state index in [2.05, 4.69) is 20.3 Å². The minimum Gasteiger partial charge on any atom is -0.384 e. The highest BCUT2D eigenvalue weighted by Crippen LogP contribution is 2.01. The Morgan fingerprint density at radius 2 is 2.18 bits per heavy atom. The molecular formula is C11H11N5O. The molecule has 0 spiro atoms. The van der Waals surface area contributed by atoms with Crippen molar-refractivity contribution in [1.82, 2.24) is 20.3 Å². The van der Waals surface area contributed by atoms with Gasteiger partial charge in [-0.15, -0.1) is 0 Å². The first kappa shape index (κ1) is 11.0. The monoisotopic (exact) mass is 229 g/mol. The number of nitrogens with two attached hydrogens (primary N) is 1. The zero-order valence-corrected chi connectivity index (χ0v) is 9.00. The van der Waals surface area contributed by atoms with Gasteiger partial charge in [-0.1, -0.05) is 0 Å². The van der Waals surface area contributed by atoms with Gasteiger partial charge in [-0.25, -0.2) is 15.0 Å². The molecule has 2 heterocycles. The quantitative estimate of drug-likeness (QED) is 0.793. The molecule has 3 N–H and O–H groups in total. The van der Waals surface area contributed by atoms with E-state index in [1.807, 2.05) is 0 Å². The van der Waals surface area contributed by atoms with Gasteiger partial charge >= 0.3 is 0 Å². The van der Waals surface area contributed by atoms with Gasteiger partial charge in [-0.2, -0.15) is 0 Å². The SMILES string of the molecule is Nc1ccc(C(=O)NCc2ccncn2)cn1. The lowest BCUT2D eigenvalue weighted by atomic mass is 10.2. The first-order valence-electron chi connectivity index (χ1n) is 5.00. The third-order valence-corrected chi connectivity index (χ3v) is 2.12. The zero-order chi connectivity index (χ0) is 12.1. The summed E-state index contributed by atoms with van der Waals surface area (Å²) in [5.41, 5.74) is 6.65. The number of aromatic nitrogens is 3. The summed E-state index contributed by atoms with van der Waals surface area (Å²) in [6.45, 7) is 0.353. The van der Waals surface area contributed by atoms with Crippen LogP contribution in [0.5, 0.6) is 0 Å². The van der Waals surface area contributed by atoms with Crippen LogP contribution in [0.15, 0.2) is 36.9 Å². The smallest absolute Gasteiger partial charge is 0.253 e. The van der Waals surface area contributed by atoms with Gasteiger partial charge in [-0.05, 0) is 18.2 Å². The van der Waals surface area contributed by atoms with E-state index in [1.165, 1.54) is 12.5 Å². The Labute approximate surface area is 97.9 Å². The fourth-order valence-corrected chi connectivity index (χ4v) is 1.24. The van der Waals surface area contributed by atoms with E-state index in [0.29, 0.717) is 17.9 Å². The largest absolute Gasteiger partial charge is 0.384 e. The highest BCUT2D eigenvalue weighted by molar-refractivity contribution is 5.93. The number of carbonyl (C=O) groups excluding carboxylic acids is 1. The van der Waals surface area contributed by atoms with Crippen molar-refractivity contribution in [2.75, 3.05) is 5.73 Å². The molecule has 0 radical (unpaired) electrons. The fourth-order valence-electron chi connectivity index (χ4n) is 1.24. The van der Waals surface area contributed by atoms with Crippen LogP contribution in [0.25, 0.3) is 0 Å². The summed E-state index contributed by atoms with van der Waals surface area (Å²) in [6.07, 6.45) is 4.50. The lowest BCUT2D eigenvalue weighted by Gasteiger charge is -2.04. The first-order chi connectivity index (χ1) is 8.25. The molecule has 0 saturated heterocycles. The van der Waals surface area contributed by atoms with Crippen molar-refractivity contribution in [1.29, 1.82) is 0 Å².